The van der Waals surface area contributed by atoms with Crippen molar-refractivity contribution in [2.45, 2.75) is 63.0 Å². The molecule has 1 N–H and O–H groups in total. The molecule has 0 bridgehead atoms. The van der Waals surface area contributed by atoms with E-state index in [0.717, 1.165) is 46.9 Å². The number of nitrogens with zero attached hydrogens (tertiary/aromatic N) is 4. The minimum Gasteiger partial charge on any atom is -0.325 e. The Kier molecular flexibility index (Phi) is 8.98. The highest BCUT2D eigenvalue weighted by atomic mass is 79.9. The predicted molar refractivity (Wildman–Crippen MR) is 120 cm³/mol. The number of aromatic nitrogens is 3. The predicted octanol–water partition coefficient (Wildman–Crippen LogP) is 4.97. The molecule has 1 amide bonds. The van der Waals surface area contributed by atoms with Crippen LogP contribution in [0.25, 0.3) is 0 Å². The molecule has 6 nitrogen and oxygen atoms in total. The summed E-state index contributed by atoms with van der Waals surface area (Å²) < 4.78 is 3.12. The number of thioether (sulfide) groups is 1. The molecule has 1 heterocycles. The number of hydrogen-bond donors (Lipinski definition) is 1. The molecule has 0 spiro atoms. The molecule has 0 saturated heterocycles. The fourth-order valence-electron chi connectivity index (χ4n) is 2.96. The second-order valence-corrected chi connectivity index (χ2v) is 9.22. The molecular weight excluding hydrogens is 438 g/mol. The van der Waals surface area contributed by atoms with E-state index in [9.17, 15) is 4.79 Å². The van der Waals surface area contributed by atoms with Crippen molar-refractivity contribution in [3.05, 3.63) is 34.6 Å². The van der Waals surface area contributed by atoms with Gasteiger partial charge in [0, 0.05) is 16.7 Å². The lowest BCUT2D eigenvalue weighted by Gasteiger charge is -2.23. The van der Waals surface area contributed by atoms with E-state index < -0.39 is 0 Å². The van der Waals surface area contributed by atoms with Gasteiger partial charge in [0.25, 0.3) is 0 Å². The smallest absolute Gasteiger partial charge is 0.237 e. The maximum atomic E-state index is 12.6. The Morgan fingerprint density at radius 1 is 1.32 bits per heavy atom. The largest absolute Gasteiger partial charge is 0.325 e. The van der Waals surface area contributed by atoms with Crippen molar-refractivity contribution in [2.24, 2.45) is 0 Å². The van der Waals surface area contributed by atoms with Crippen LogP contribution in [-0.4, -0.2) is 44.9 Å². The summed E-state index contributed by atoms with van der Waals surface area (Å²) in [4.78, 5) is 14.8. The van der Waals surface area contributed by atoms with Crippen LogP contribution in [0.4, 0.5) is 5.69 Å². The fourth-order valence-corrected chi connectivity index (χ4v) is 4.24. The number of nitrogens with one attached hydrogen (secondary N) is 1. The molecule has 154 valence electrons. The Hall–Kier alpha value is -1.38. The molecule has 0 aliphatic rings. The van der Waals surface area contributed by atoms with Crippen LogP contribution in [0.5, 0.6) is 0 Å². The Labute approximate surface area is 180 Å². The van der Waals surface area contributed by atoms with Gasteiger partial charge >= 0.3 is 0 Å². The fraction of sp³-hybridized carbons (Fsp3) is 0.550. The third-order valence-corrected chi connectivity index (χ3v) is 6.11. The molecular formula is C20H30BrN5OS. The van der Waals surface area contributed by atoms with Crippen LogP contribution in [-0.2, 0) is 11.3 Å². The maximum absolute atomic E-state index is 12.6. The third kappa shape index (κ3) is 6.06. The molecule has 8 heteroatoms. The van der Waals surface area contributed by atoms with Gasteiger partial charge in [-0.25, -0.2) is 0 Å². The zero-order chi connectivity index (χ0) is 20.7. The summed E-state index contributed by atoms with van der Waals surface area (Å²) in [5.74, 6) is 0.928. The number of hydrogen-bond acceptors (Lipinski definition) is 5. The first-order chi connectivity index (χ1) is 13.4. The quantitative estimate of drug-likeness (QED) is 0.499. The zero-order valence-electron chi connectivity index (χ0n) is 17.3. The molecule has 0 radical (unpaired) electrons. The summed E-state index contributed by atoms with van der Waals surface area (Å²) in [7, 11) is 4.13. The second-order valence-electron chi connectivity index (χ2n) is 6.99. The van der Waals surface area contributed by atoms with E-state index in [1.807, 2.05) is 31.2 Å². The monoisotopic (exact) mass is 467 g/mol. The molecule has 2 rings (SSSR count). The average Bonchev–Trinajstić information content (AvgIpc) is 3.02. The van der Waals surface area contributed by atoms with Crippen LogP contribution in [0.15, 0.2) is 33.9 Å². The van der Waals surface area contributed by atoms with E-state index in [4.69, 9.17) is 0 Å². The van der Waals surface area contributed by atoms with Crippen molar-refractivity contribution < 1.29 is 4.79 Å². The van der Waals surface area contributed by atoms with Crippen LogP contribution in [0.1, 0.15) is 51.9 Å². The first-order valence-electron chi connectivity index (χ1n) is 9.69. The zero-order valence-corrected chi connectivity index (χ0v) is 19.7. The summed E-state index contributed by atoms with van der Waals surface area (Å²) in [5, 5.41) is 12.4. The molecule has 0 aliphatic carbocycles. The molecule has 28 heavy (non-hydrogen) atoms. The minimum atomic E-state index is -0.282. The molecule has 0 saturated carbocycles. The van der Waals surface area contributed by atoms with Crippen molar-refractivity contribution in [3.63, 3.8) is 0 Å². The van der Waals surface area contributed by atoms with E-state index in [1.54, 1.807) is 0 Å². The summed E-state index contributed by atoms with van der Waals surface area (Å²) in [6, 6.07) is 7.81. The highest BCUT2D eigenvalue weighted by Gasteiger charge is 2.24. The molecule has 2 aromatic rings. The molecule has 2 atom stereocenters. The molecule has 0 fully saturated rings. The summed E-state index contributed by atoms with van der Waals surface area (Å²) in [5.41, 5.74) is 0.776. The lowest BCUT2D eigenvalue weighted by molar-refractivity contribution is -0.115. The summed E-state index contributed by atoms with van der Waals surface area (Å²) in [6.07, 6.45) is 3.11. The molecule has 2 unspecified atom stereocenters. The molecule has 1 aromatic carbocycles. The van der Waals surface area contributed by atoms with E-state index in [0.29, 0.717) is 0 Å². The number of unbranched alkanes of at least 4 members (excludes halogenated alkanes) is 1. The number of halogens is 1. The normalized spacial score (nSPS) is 13.5. The molecule has 0 aliphatic heterocycles. The Balaban J connectivity index is 2.16. The number of amides is 1. The number of rotatable bonds is 10. The number of carbonyl (C=O) groups excluding carboxylic acids is 1. The van der Waals surface area contributed by atoms with Gasteiger partial charge in [0.2, 0.25) is 5.91 Å². The maximum Gasteiger partial charge on any atom is 0.237 e. The van der Waals surface area contributed by atoms with Crippen LogP contribution in [0.3, 0.4) is 0 Å². The van der Waals surface area contributed by atoms with Crippen molar-refractivity contribution in [3.8, 4) is 0 Å². The van der Waals surface area contributed by atoms with Crippen molar-refractivity contribution in [2.75, 3.05) is 19.4 Å². The summed E-state index contributed by atoms with van der Waals surface area (Å²) >= 11 is 4.89. The minimum absolute atomic E-state index is 0.0469. The van der Waals surface area contributed by atoms with Crippen molar-refractivity contribution in [1.82, 2.24) is 19.7 Å². The second kappa shape index (κ2) is 11.0. The van der Waals surface area contributed by atoms with E-state index in [-0.39, 0.29) is 17.2 Å². The highest BCUT2D eigenvalue weighted by Crippen LogP contribution is 2.28. The van der Waals surface area contributed by atoms with Crippen LogP contribution in [0.2, 0.25) is 0 Å². The average molecular weight is 468 g/mol. The molecule has 1 aromatic heterocycles. The number of benzene rings is 1. The van der Waals surface area contributed by atoms with Crippen molar-refractivity contribution in [1.29, 1.82) is 0 Å². The Morgan fingerprint density at radius 3 is 2.68 bits per heavy atom. The highest BCUT2D eigenvalue weighted by molar-refractivity contribution is 9.10. The lowest BCUT2D eigenvalue weighted by atomic mass is 10.2. The van der Waals surface area contributed by atoms with E-state index >= 15 is 0 Å². The van der Waals surface area contributed by atoms with Gasteiger partial charge in [-0.1, -0.05) is 54.0 Å². The van der Waals surface area contributed by atoms with Gasteiger partial charge in [-0.3, -0.25) is 9.69 Å². The lowest BCUT2D eigenvalue weighted by Crippen LogP contribution is -2.24. The van der Waals surface area contributed by atoms with Crippen molar-refractivity contribution >= 4 is 39.3 Å². The first kappa shape index (κ1) is 22.9. The van der Waals surface area contributed by atoms with E-state index in [2.05, 4.69) is 68.9 Å². The van der Waals surface area contributed by atoms with Gasteiger partial charge in [0.05, 0.1) is 11.3 Å². The SMILES string of the molecule is CCCCn1c(SC(C)C(=O)Nc2cccc(Br)c2)nnc1C(CC)N(C)C. The van der Waals surface area contributed by atoms with Gasteiger partial charge in [0.1, 0.15) is 0 Å². The van der Waals surface area contributed by atoms with Gasteiger partial charge in [-0.2, -0.15) is 0 Å². The van der Waals surface area contributed by atoms with Gasteiger partial charge < -0.3 is 9.88 Å². The number of anilines is 1. The third-order valence-electron chi connectivity index (χ3n) is 4.53. The Morgan fingerprint density at radius 2 is 2.07 bits per heavy atom. The topological polar surface area (TPSA) is 63.1 Å². The standard InChI is InChI=1S/C20H30BrN5OS/c1-6-8-12-26-18(17(7-2)25(4)5)23-24-20(26)28-14(3)19(27)22-16-11-9-10-15(21)13-16/h9-11,13-14,17H,6-8,12H2,1-5H3,(H,22,27). The van der Waals surface area contributed by atoms with Gasteiger partial charge in [-0.15, -0.1) is 10.2 Å². The first-order valence-corrected chi connectivity index (χ1v) is 11.4. The van der Waals surface area contributed by atoms with Crippen LogP contribution >= 0.6 is 27.7 Å². The van der Waals surface area contributed by atoms with Crippen LogP contribution in [0, 0.1) is 0 Å². The van der Waals surface area contributed by atoms with Gasteiger partial charge in [-0.05, 0) is 52.1 Å². The van der Waals surface area contributed by atoms with E-state index in [1.165, 1.54) is 11.8 Å². The Bertz CT molecular complexity index is 780. The summed E-state index contributed by atoms with van der Waals surface area (Å²) in [6.45, 7) is 7.10. The van der Waals surface area contributed by atoms with Crippen LogP contribution < -0.4 is 5.32 Å². The number of carbonyl (C=O) groups is 1. The van der Waals surface area contributed by atoms with Gasteiger partial charge in [0.15, 0.2) is 11.0 Å².